The van der Waals surface area contributed by atoms with Crippen molar-refractivity contribution in [1.82, 2.24) is 10.2 Å². The smallest absolute Gasteiger partial charge is 0.416 e. The molecule has 1 amide bonds. The number of fused-ring (bicyclic) bond motifs is 2. The predicted molar refractivity (Wildman–Crippen MR) is 122 cm³/mol. The summed E-state index contributed by atoms with van der Waals surface area (Å²) in [6.45, 7) is 2.81. The maximum absolute atomic E-state index is 13.6. The van der Waals surface area contributed by atoms with E-state index in [2.05, 4.69) is 20.9 Å². The molecule has 2 heterocycles. The average molecular weight is 482 g/mol. The Bertz CT molecular complexity index is 1030. The second kappa shape index (κ2) is 9.70. The molecule has 2 aromatic rings. The molecule has 33 heavy (non-hydrogen) atoms. The standard InChI is InChI=1S/C22H26F3N5O2S/c23-22(24,25)14-10-17(28-15-3-6-30(7-4-15)8-5-27-21(31)32)20-19(11-14)33-18-9-13(12-26)1-2-16(18)29-20/h1-2,9-11,15,27-29H,3-8,12,26H2,(H,31,32). The van der Waals surface area contributed by atoms with E-state index in [9.17, 15) is 18.0 Å². The Kier molecular flexibility index (Phi) is 6.91. The van der Waals surface area contributed by atoms with Crippen LogP contribution in [0, 0.1) is 0 Å². The van der Waals surface area contributed by atoms with Crippen LogP contribution >= 0.6 is 11.8 Å². The van der Waals surface area contributed by atoms with Gasteiger partial charge in [-0.15, -0.1) is 0 Å². The van der Waals surface area contributed by atoms with Gasteiger partial charge in [0.2, 0.25) is 0 Å². The molecule has 0 aliphatic carbocycles. The maximum atomic E-state index is 13.6. The van der Waals surface area contributed by atoms with Crippen LogP contribution in [0.3, 0.4) is 0 Å². The number of hydrogen-bond donors (Lipinski definition) is 5. The van der Waals surface area contributed by atoms with E-state index in [1.165, 1.54) is 23.9 Å². The number of halogens is 3. The Labute approximate surface area is 193 Å². The third-order valence-electron chi connectivity index (χ3n) is 5.84. The number of rotatable bonds is 6. The largest absolute Gasteiger partial charge is 0.465 e. The summed E-state index contributed by atoms with van der Waals surface area (Å²) < 4.78 is 40.9. The minimum absolute atomic E-state index is 0.0223. The van der Waals surface area contributed by atoms with Gasteiger partial charge in [-0.05, 0) is 42.7 Å². The van der Waals surface area contributed by atoms with Gasteiger partial charge in [-0.2, -0.15) is 13.2 Å². The van der Waals surface area contributed by atoms with E-state index in [4.69, 9.17) is 10.8 Å². The predicted octanol–water partition coefficient (Wildman–Crippen LogP) is 4.52. The molecule has 4 rings (SSSR count). The summed E-state index contributed by atoms with van der Waals surface area (Å²) in [7, 11) is 0. The van der Waals surface area contributed by atoms with Crippen molar-refractivity contribution in [2.45, 2.75) is 41.4 Å². The summed E-state index contributed by atoms with van der Waals surface area (Å²) in [5.41, 5.74) is 7.87. The lowest BCUT2D eigenvalue weighted by Gasteiger charge is -2.34. The minimum atomic E-state index is -4.45. The van der Waals surface area contributed by atoms with Crippen LogP contribution in [0.15, 0.2) is 40.1 Å². The summed E-state index contributed by atoms with van der Waals surface area (Å²) in [4.78, 5) is 14.1. The van der Waals surface area contributed by atoms with E-state index < -0.39 is 17.8 Å². The van der Waals surface area contributed by atoms with Crippen LogP contribution in [-0.2, 0) is 12.7 Å². The number of nitrogens with zero attached hydrogens (tertiary/aromatic N) is 1. The fourth-order valence-electron chi connectivity index (χ4n) is 4.08. The van der Waals surface area contributed by atoms with Crippen LogP contribution in [0.2, 0.25) is 0 Å². The van der Waals surface area contributed by atoms with E-state index >= 15 is 0 Å². The number of anilines is 3. The number of carboxylic acid groups (broad SMARTS) is 1. The molecule has 7 nitrogen and oxygen atoms in total. The van der Waals surface area contributed by atoms with Crippen molar-refractivity contribution < 1.29 is 23.1 Å². The number of likely N-dealkylation sites (tertiary alicyclic amines) is 1. The second-order valence-corrected chi connectivity index (χ2v) is 9.23. The zero-order valence-corrected chi connectivity index (χ0v) is 18.7. The number of piperidine rings is 1. The zero-order valence-electron chi connectivity index (χ0n) is 17.8. The number of alkyl halides is 3. The van der Waals surface area contributed by atoms with E-state index in [1.807, 2.05) is 18.2 Å². The third kappa shape index (κ3) is 5.66. The molecule has 178 valence electrons. The van der Waals surface area contributed by atoms with Gasteiger partial charge in [-0.25, -0.2) is 4.79 Å². The first-order valence-electron chi connectivity index (χ1n) is 10.7. The molecule has 11 heteroatoms. The number of amides is 1. The SMILES string of the molecule is NCc1ccc2c(c1)Sc1cc(C(F)(F)F)cc(NC3CCN(CCNC(=O)O)CC3)c1N2. The summed E-state index contributed by atoms with van der Waals surface area (Å²) in [6.07, 6.45) is -4.00. The molecule has 6 N–H and O–H groups in total. The third-order valence-corrected chi connectivity index (χ3v) is 6.94. The highest BCUT2D eigenvalue weighted by Crippen LogP contribution is 2.50. The van der Waals surface area contributed by atoms with Crippen LogP contribution in [0.1, 0.15) is 24.0 Å². The lowest BCUT2D eigenvalue weighted by molar-refractivity contribution is -0.137. The van der Waals surface area contributed by atoms with Gasteiger partial charge in [-0.1, -0.05) is 17.8 Å². The second-order valence-electron chi connectivity index (χ2n) is 8.15. The van der Waals surface area contributed by atoms with Crippen LogP contribution in [0.25, 0.3) is 0 Å². The topological polar surface area (TPSA) is 103 Å². The normalized spacial score (nSPS) is 16.5. The average Bonchev–Trinajstić information content (AvgIpc) is 2.77. The highest BCUT2D eigenvalue weighted by Gasteiger charge is 2.34. The number of nitrogens with one attached hydrogen (secondary N) is 3. The first-order chi connectivity index (χ1) is 15.7. The lowest BCUT2D eigenvalue weighted by atomic mass is 10.0. The van der Waals surface area contributed by atoms with Gasteiger partial charge in [0.15, 0.2) is 0 Å². The van der Waals surface area contributed by atoms with Crippen molar-refractivity contribution in [3.05, 3.63) is 41.5 Å². The van der Waals surface area contributed by atoms with Crippen LogP contribution < -0.4 is 21.7 Å². The van der Waals surface area contributed by atoms with E-state index in [-0.39, 0.29) is 6.04 Å². The minimum Gasteiger partial charge on any atom is -0.465 e. The molecule has 0 atom stereocenters. The Hall–Kier alpha value is -2.63. The molecule has 0 saturated carbocycles. The quantitative estimate of drug-likeness (QED) is 0.353. The Morgan fingerprint density at radius 3 is 2.64 bits per heavy atom. The molecule has 1 saturated heterocycles. The number of hydrogen-bond acceptors (Lipinski definition) is 6. The van der Waals surface area contributed by atoms with Gasteiger partial charge < -0.3 is 31.7 Å². The number of benzene rings is 2. The molecule has 2 aliphatic heterocycles. The first kappa shape index (κ1) is 23.5. The van der Waals surface area contributed by atoms with Crippen molar-refractivity contribution in [2.24, 2.45) is 5.73 Å². The Morgan fingerprint density at radius 2 is 1.97 bits per heavy atom. The summed E-state index contributed by atoms with van der Waals surface area (Å²) in [6, 6.07) is 8.10. The monoisotopic (exact) mass is 481 g/mol. The van der Waals surface area contributed by atoms with Crippen LogP contribution in [0.5, 0.6) is 0 Å². The molecule has 0 bridgehead atoms. The van der Waals surface area contributed by atoms with Gasteiger partial charge in [0.25, 0.3) is 0 Å². The summed E-state index contributed by atoms with van der Waals surface area (Å²) in [5, 5.41) is 17.7. The van der Waals surface area contributed by atoms with E-state index in [1.54, 1.807) is 0 Å². The lowest BCUT2D eigenvalue weighted by Crippen LogP contribution is -2.42. The van der Waals surface area contributed by atoms with Crippen molar-refractivity contribution in [1.29, 1.82) is 0 Å². The van der Waals surface area contributed by atoms with E-state index in [0.29, 0.717) is 35.9 Å². The van der Waals surface area contributed by atoms with Crippen LogP contribution in [-0.4, -0.2) is 48.3 Å². The van der Waals surface area contributed by atoms with E-state index in [0.717, 1.165) is 42.1 Å². The molecular formula is C22H26F3N5O2S. The molecule has 2 aliphatic rings. The van der Waals surface area contributed by atoms with Crippen molar-refractivity contribution in [2.75, 3.05) is 36.8 Å². The molecule has 0 radical (unpaired) electrons. The van der Waals surface area contributed by atoms with Gasteiger partial charge >= 0.3 is 12.3 Å². The first-order valence-corrected chi connectivity index (χ1v) is 11.5. The zero-order chi connectivity index (χ0) is 23.6. The van der Waals surface area contributed by atoms with Gasteiger partial charge in [0, 0.05) is 48.6 Å². The molecule has 2 aromatic carbocycles. The fourth-order valence-corrected chi connectivity index (χ4v) is 5.20. The van der Waals surface area contributed by atoms with Crippen molar-refractivity contribution in [3.63, 3.8) is 0 Å². The number of nitrogens with two attached hydrogens (primary N) is 1. The Morgan fingerprint density at radius 1 is 1.21 bits per heavy atom. The van der Waals surface area contributed by atoms with Crippen LogP contribution in [0.4, 0.5) is 35.0 Å². The molecule has 0 spiro atoms. The van der Waals surface area contributed by atoms with Gasteiger partial charge in [0.1, 0.15) is 0 Å². The van der Waals surface area contributed by atoms with Gasteiger partial charge in [0.05, 0.1) is 22.6 Å². The molecule has 0 aromatic heterocycles. The van der Waals surface area contributed by atoms with Gasteiger partial charge in [-0.3, -0.25) is 0 Å². The molecule has 0 unspecified atom stereocenters. The molecule has 1 fully saturated rings. The van der Waals surface area contributed by atoms with Crippen molar-refractivity contribution >= 4 is 34.9 Å². The molecular weight excluding hydrogens is 455 g/mol. The summed E-state index contributed by atoms with van der Waals surface area (Å²) in [5.74, 6) is 0. The van der Waals surface area contributed by atoms with Crippen molar-refractivity contribution in [3.8, 4) is 0 Å². The fraction of sp³-hybridized carbons (Fsp3) is 0.409. The maximum Gasteiger partial charge on any atom is 0.416 e. The Balaban J connectivity index is 1.51. The summed E-state index contributed by atoms with van der Waals surface area (Å²) >= 11 is 1.31. The number of carbonyl (C=O) groups is 1. The highest BCUT2D eigenvalue weighted by atomic mass is 32.2. The highest BCUT2D eigenvalue weighted by molar-refractivity contribution is 7.99.